The lowest BCUT2D eigenvalue weighted by Crippen LogP contribution is -2.48. The molecule has 106 valence electrons. The van der Waals surface area contributed by atoms with Gasteiger partial charge in [-0.2, -0.15) is 0 Å². The Morgan fingerprint density at radius 3 is 2.61 bits per heavy atom. The zero-order chi connectivity index (χ0) is 13.8. The molecule has 1 aliphatic rings. The van der Waals surface area contributed by atoms with E-state index < -0.39 is 11.5 Å². The second kappa shape index (κ2) is 6.53. The van der Waals surface area contributed by atoms with Crippen molar-refractivity contribution in [2.24, 2.45) is 5.73 Å². The highest BCUT2D eigenvalue weighted by atomic mass is 16.4. The van der Waals surface area contributed by atoms with Crippen LogP contribution in [0.2, 0.25) is 0 Å². The average molecular weight is 256 g/mol. The highest BCUT2D eigenvalue weighted by Gasteiger charge is 2.44. The predicted octanol–water partition coefficient (Wildman–Crippen LogP) is 2.22. The topological polar surface area (TPSA) is 66.6 Å². The van der Waals surface area contributed by atoms with Gasteiger partial charge in [-0.15, -0.1) is 0 Å². The number of unbranched alkanes of at least 4 members (excludes halogenated alkanes) is 2. The largest absolute Gasteiger partial charge is 0.480 e. The first kappa shape index (κ1) is 15.4. The van der Waals surface area contributed by atoms with Crippen molar-refractivity contribution in [3.8, 4) is 0 Å². The van der Waals surface area contributed by atoms with E-state index in [1.165, 1.54) is 19.3 Å². The molecule has 1 saturated carbocycles. The Bertz CT molecular complexity index is 281. The van der Waals surface area contributed by atoms with E-state index in [1.807, 2.05) is 0 Å². The molecule has 0 heterocycles. The molecule has 0 amide bonds. The first-order valence-corrected chi connectivity index (χ1v) is 7.18. The summed E-state index contributed by atoms with van der Waals surface area (Å²) in [6.07, 6.45) is 5.74. The van der Waals surface area contributed by atoms with E-state index in [4.69, 9.17) is 5.73 Å². The molecule has 2 atom stereocenters. The summed E-state index contributed by atoms with van der Waals surface area (Å²) in [5.74, 6) is -0.845. The fourth-order valence-electron chi connectivity index (χ4n) is 2.93. The van der Waals surface area contributed by atoms with Crippen LogP contribution < -0.4 is 5.73 Å². The lowest BCUT2D eigenvalue weighted by molar-refractivity contribution is -0.143. The molecule has 0 radical (unpaired) electrons. The van der Waals surface area contributed by atoms with Crippen molar-refractivity contribution in [1.29, 1.82) is 0 Å². The van der Waals surface area contributed by atoms with Crippen LogP contribution in [0.5, 0.6) is 0 Å². The van der Waals surface area contributed by atoms with Crippen LogP contribution in [-0.2, 0) is 4.79 Å². The normalized spacial score (nSPS) is 28.2. The van der Waals surface area contributed by atoms with Gasteiger partial charge in [0.05, 0.1) is 0 Å². The molecule has 0 spiro atoms. The molecule has 0 aromatic heterocycles. The van der Waals surface area contributed by atoms with Crippen LogP contribution in [0.25, 0.3) is 0 Å². The molecule has 18 heavy (non-hydrogen) atoms. The molecule has 0 aromatic rings. The number of aliphatic carboxylic acids is 1. The Morgan fingerprint density at radius 2 is 2.17 bits per heavy atom. The lowest BCUT2D eigenvalue weighted by atomic mass is 9.99. The van der Waals surface area contributed by atoms with Crippen LogP contribution >= 0.6 is 0 Å². The van der Waals surface area contributed by atoms with Crippen molar-refractivity contribution in [3.63, 3.8) is 0 Å². The standard InChI is InChI=1S/C14H28N2O2/c1-4-5-6-9-16(11(2)3)12-7-8-14(15,10-12)13(17)18/h11-12H,4-10,15H2,1-3H3,(H,17,18). The Kier molecular flexibility index (Phi) is 5.60. The molecule has 0 bridgehead atoms. The number of nitrogens with two attached hydrogens (primary N) is 1. The molecule has 0 aromatic carbocycles. The average Bonchev–Trinajstić information content (AvgIpc) is 2.68. The molecule has 0 saturated heterocycles. The van der Waals surface area contributed by atoms with Gasteiger partial charge in [0.25, 0.3) is 0 Å². The molecule has 0 aliphatic heterocycles. The summed E-state index contributed by atoms with van der Waals surface area (Å²) in [6.45, 7) is 7.63. The van der Waals surface area contributed by atoms with E-state index >= 15 is 0 Å². The first-order chi connectivity index (χ1) is 8.40. The van der Waals surface area contributed by atoms with Gasteiger partial charge >= 0.3 is 5.97 Å². The van der Waals surface area contributed by atoms with Gasteiger partial charge in [-0.05, 0) is 46.1 Å². The predicted molar refractivity (Wildman–Crippen MR) is 73.6 cm³/mol. The summed E-state index contributed by atoms with van der Waals surface area (Å²) < 4.78 is 0. The minimum Gasteiger partial charge on any atom is -0.480 e. The molecular weight excluding hydrogens is 228 g/mol. The van der Waals surface area contributed by atoms with E-state index in [0.29, 0.717) is 24.9 Å². The maximum Gasteiger partial charge on any atom is 0.323 e. The number of carboxylic acids is 1. The summed E-state index contributed by atoms with van der Waals surface area (Å²) in [7, 11) is 0. The van der Waals surface area contributed by atoms with Crippen LogP contribution in [0, 0.1) is 0 Å². The number of hydrogen-bond acceptors (Lipinski definition) is 3. The van der Waals surface area contributed by atoms with E-state index in [2.05, 4.69) is 25.7 Å². The van der Waals surface area contributed by atoms with Crippen LogP contribution in [0.1, 0.15) is 59.3 Å². The van der Waals surface area contributed by atoms with Gasteiger partial charge in [0, 0.05) is 12.1 Å². The molecule has 2 unspecified atom stereocenters. The van der Waals surface area contributed by atoms with Crippen molar-refractivity contribution in [2.75, 3.05) is 6.54 Å². The molecule has 3 N–H and O–H groups in total. The highest BCUT2D eigenvalue weighted by molar-refractivity contribution is 5.79. The summed E-state index contributed by atoms with van der Waals surface area (Å²) in [5.41, 5.74) is 4.96. The van der Waals surface area contributed by atoms with Crippen LogP contribution in [0.15, 0.2) is 0 Å². The molecule has 4 nitrogen and oxygen atoms in total. The monoisotopic (exact) mass is 256 g/mol. The Labute approximate surface area is 111 Å². The summed E-state index contributed by atoms with van der Waals surface area (Å²) in [5, 5.41) is 9.18. The number of carbonyl (C=O) groups is 1. The third kappa shape index (κ3) is 3.69. The fourth-order valence-corrected chi connectivity index (χ4v) is 2.93. The third-order valence-electron chi connectivity index (χ3n) is 4.10. The van der Waals surface area contributed by atoms with Crippen LogP contribution in [-0.4, -0.2) is 40.1 Å². The minimum atomic E-state index is -0.997. The van der Waals surface area contributed by atoms with E-state index in [9.17, 15) is 9.90 Å². The Balaban J connectivity index is 2.57. The lowest BCUT2D eigenvalue weighted by Gasteiger charge is -2.33. The maximum absolute atomic E-state index is 11.2. The van der Waals surface area contributed by atoms with Crippen LogP contribution in [0.3, 0.4) is 0 Å². The Hall–Kier alpha value is -0.610. The van der Waals surface area contributed by atoms with Crippen molar-refractivity contribution in [1.82, 2.24) is 4.90 Å². The van der Waals surface area contributed by atoms with Gasteiger partial charge in [-0.3, -0.25) is 9.69 Å². The quantitative estimate of drug-likeness (QED) is 0.685. The number of rotatable bonds is 7. The molecule has 4 heteroatoms. The number of nitrogens with zero attached hydrogens (tertiary/aromatic N) is 1. The van der Waals surface area contributed by atoms with Gasteiger partial charge in [0.2, 0.25) is 0 Å². The van der Waals surface area contributed by atoms with Gasteiger partial charge in [-0.1, -0.05) is 19.8 Å². The third-order valence-corrected chi connectivity index (χ3v) is 4.10. The molecule has 1 fully saturated rings. The smallest absolute Gasteiger partial charge is 0.323 e. The van der Waals surface area contributed by atoms with Crippen LogP contribution in [0.4, 0.5) is 0 Å². The van der Waals surface area contributed by atoms with Gasteiger partial charge in [0.15, 0.2) is 0 Å². The number of carboxylic acid groups (broad SMARTS) is 1. The summed E-state index contributed by atoms with van der Waals surface area (Å²) in [6, 6.07) is 0.797. The SMILES string of the molecule is CCCCCN(C(C)C)C1CCC(N)(C(=O)O)C1. The summed E-state index contributed by atoms with van der Waals surface area (Å²) in [4.78, 5) is 13.6. The molecule has 1 aliphatic carbocycles. The number of hydrogen-bond donors (Lipinski definition) is 2. The van der Waals surface area contributed by atoms with E-state index in [0.717, 1.165) is 13.0 Å². The van der Waals surface area contributed by atoms with E-state index in [-0.39, 0.29) is 0 Å². The zero-order valence-corrected chi connectivity index (χ0v) is 12.0. The highest BCUT2D eigenvalue weighted by Crippen LogP contribution is 2.32. The van der Waals surface area contributed by atoms with Gasteiger partial charge in [0.1, 0.15) is 5.54 Å². The fraction of sp³-hybridized carbons (Fsp3) is 0.929. The summed E-state index contributed by atoms with van der Waals surface area (Å²) >= 11 is 0. The van der Waals surface area contributed by atoms with Gasteiger partial charge < -0.3 is 10.8 Å². The Morgan fingerprint density at radius 1 is 1.50 bits per heavy atom. The maximum atomic E-state index is 11.2. The van der Waals surface area contributed by atoms with E-state index in [1.54, 1.807) is 0 Å². The molecule has 1 rings (SSSR count). The second-order valence-electron chi connectivity index (χ2n) is 5.90. The van der Waals surface area contributed by atoms with Crippen molar-refractivity contribution < 1.29 is 9.90 Å². The van der Waals surface area contributed by atoms with Crippen molar-refractivity contribution >= 4 is 5.97 Å². The molecular formula is C14H28N2O2. The second-order valence-corrected chi connectivity index (χ2v) is 5.90. The minimum absolute atomic E-state index is 0.336. The van der Waals surface area contributed by atoms with Crippen molar-refractivity contribution in [2.45, 2.75) is 76.9 Å². The van der Waals surface area contributed by atoms with Gasteiger partial charge in [-0.25, -0.2) is 0 Å². The first-order valence-electron chi connectivity index (χ1n) is 7.18. The van der Waals surface area contributed by atoms with Crippen molar-refractivity contribution in [3.05, 3.63) is 0 Å². The zero-order valence-electron chi connectivity index (χ0n) is 12.0.